The largest absolute Gasteiger partial charge is 0.183 e. The summed E-state index contributed by atoms with van der Waals surface area (Å²) in [5.41, 5.74) is 0. The van der Waals surface area contributed by atoms with Gasteiger partial charge in [-0.2, -0.15) is 0 Å². The second-order valence-corrected chi connectivity index (χ2v) is 7.13. The zero-order chi connectivity index (χ0) is 9.62. The van der Waals surface area contributed by atoms with Crippen molar-refractivity contribution >= 4 is 69.6 Å². The number of hydrogen-bond donors (Lipinski definition) is 0. The molecule has 1 saturated carbocycles. The molecule has 0 aromatic heterocycles. The fourth-order valence-electron chi connectivity index (χ4n) is 1.11. The van der Waals surface area contributed by atoms with E-state index < -0.39 is 13.0 Å². The minimum absolute atomic E-state index is 0.490. The first kappa shape index (κ1) is 11.8. The predicted octanol–water partition coefficient (Wildman–Crippen LogP) is 4.69. The normalized spacial score (nSPS) is 31.5. The van der Waals surface area contributed by atoms with Crippen molar-refractivity contribution in [3.05, 3.63) is 0 Å². The Balaban J connectivity index is 2.99. The second-order valence-electron chi connectivity index (χ2n) is 2.84. The average Bonchev–Trinajstić information content (AvgIpc) is 1.83. The lowest BCUT2D eigenvalue weighted by molar-refractivity contribution is 0.429. The van der Waals surface area contributed by atoms with Gasteiger partial charge in [-0.3, -0.25) is 0 Å². The van der Waals surface area contributed by atoms with Crippen molar-refractivity contribution in [2.75, 3.05) is 0 Å². The van der Waals surface area contributed by atoms with Gasteiger partial charge in [-0.1, -0.05) is 69.6 Å². The van der Waals surface area contributed by atoms with Crippen LogP contribution in [0.5, 0.6) is 0 Å². The third-order valence-corrected chi connectivity index (χ3v) is 5.85. The summed E-state index contributed by atoms with van der Waals surface area (Å²) >= 11 is 35.3. The van der Waals surface area contributed by atoms with Crippen LogP contribution in [0.2, 0.25) is 0 Å². The number of rotatable bonds is 0. The summed E-state index contributed by atoms with van der Waals surface area (Å²) in [7, 11) is 0. The molecule has 0 spiro atoms. The molecule has 0 aromatic carbocycles. The molecule has 0 nitrogen and oxygen atoms in total. The van der Waals surface area contributed by atoms with Crippen LogP contribution < -0.4 is 0 Å². The van der Waals surface area contributed by atoms with Gasteiger partial charge in [-0.05, 0) is 19.3 Å². The molecule has 0 N–H and O–H groups in total. The van der Waals surface area contributed by atoms with Crippen LogP contribution in [0, 0.1) is 0 Å². The number of halogens is 6. The topological polar surface area (TPSA) is 0 Å². The molecule has 1 rings (SSSR count). The molecule has 1 aliphatic rings. The Hall–Kier alpha value is 1.74. The van der Waals surface area contributed by atoms with Crippen molar-refractivity contribution in [2.24, 2.45) is 0 Å². The molecular formula is C6H6Cl6. The van der Waals surface area contributed by atoms with Crippen molar-refractivity contribution in [1.82, 2.24) is 0 Å². The summed E-state index contributed by atoms with van der Waals surface area (Å²) in [6.07, 6.45) is 1.69. The van der Waals surface area contributed by atoms with Gasteiger partial charge in [0.25, 0.3) is 0 Å². The van der Waals surface area contributed by atoms with Crippen LogP contribution in [-0.2, 0) is 0 Å². The van der Waals surface area contributed by atoms with Crippen molar-refractivity contribution in [2.45, 2.75) is 32.3 Å². The molecule has 0 amide bonds. The van der Waals surface area contributed by atoms with Crippen LogP contribution >= 0.6 is 69.6 Å². The standard InChI is InChI=1S/C6H6Cl6/c7-4(8)2-1-3-5(9,10)6(4,11)12/h1-3H2. The highest BCUT2D eigenvalue weighted by Gasteiger charge is 2.62. The Morgan fingerprint density at radius 2 is 1.00 bits per heavy atom. The van der Waals surface area contributed by atoms with E-state index in [0.717, 1.165) is 0 Å². The van der Waals surface area contributed by atoms with Gasteiger partial charge in [0.1, 0.15) is 0 Å². The molecule has 0 atom stereocenters. The quantitative estimate of drug-likeness (QED) is 0.568. The average molecular weight is 291 g/mol. The molecule has 0 aliphatic heterocycles. The zero-order valence-corrected chi connectivity index (χ0v) is 10.4. The maximum atomic E-state index is 5.89. The van der Waals surface area contributed by atoms with Gasteiger partial charge in [-0.25, -0.2) is 0 Å². The molecule has 0 aromatic rings. The highest BCUT2D eigenvalue weighted by molar-refractivity contribution is 6.69. The predicted molar refractivity (Wildman–Crippen MR) is 57.2 cm³/mol. The fraction of sp³-hybridized carbons (Fsp3) is 1.00. The Labute approximate surface area is 101 Å². The minimum Gasteiger partial charge on any atom is -0.0982 e. The van der Waals surface area contributed by atoms with Crippen molar-refractivity contribution < 1.29 is 0 Å². The maximum absolute atomic E-state index is 5.89. The Morgan fingerprint density at radius 3 is 1.25 bits per heavy atom. The summed E-state index contributed by atoms with van der Waals surface area (Å²) < 4.78 is -4.08. The van der Waals surface area contributed by atoms with E-state index in [1.165, 1.54) is 0 Å². The molecule has 6 heteroatoms. The van der Waals surface area contributed by atoms with E-state index >= 15 is 0 Å². The monoisotopic (exact) mass is 288 g/mol. The van der Waals surface area contributed by atoms with Gasteiger partial charge in [0.2, 0.25) is 0 Å². The Kier molecular flexibility index (Phi) is 3.34. The van der Waals surface area contributed by atoms with E-state index in [1.807, 2.05) is 0 Å². The summed E-state index contributed by atoms with van der Waals surface area (Å²) in [6.45, 7) is 0. The van der Waals surface area contributed by atoms with Crippen LogP contribution in [0.1, 0.15) is 19.3 Å². The second kappa shape index (κ2) is 3.40. The van der Waals surface area contributed by atoms with Gasteiger partial charge < -0.3 is 0 Å². The van der Waals surface area contributed by atoms with Crippen molar-refractivity contribution in [1.29, 1.82) is 0 Å². The first-order valence-electron chi connectivity index (χ1n) is 3.34. The fourth-order valence-corrected chi connectivity index (χ4v) is 2.87. The minimum atomic E-state index is -1.52. The first-order chi connectivity index (χ1) is 5.21. The molecule has 0 bridgehead atoms. The molecule has 0 unspecified atom stereocenters. The van der Waals surface area contributed by atoms with E-state index in [-0.39, 0.29) is 0 Å². The van der Waals surface area contributed by atoms with Crippen LogP contribution in [0.15, 0.2) is 0 Å². The smallest absolute Gasteiger partial charge is 0.0982 e. The van der Waals surface area contributed by atoms with Gasteiger partial charge >= 0.3 is 0 Å². The summed E-state index contributed by atoms with van der Waals surface area (Å²) in [6, 6.07) is 0. The van der Waals surface area contributed by atoms with Gasteiger partial charge in [-0.15, -0.1) is 0 Å². The zero-order valence-electron chi connectivity index (χ0n) is 5.89. The van der Waals surface area contributed by atoms with Crippen molar-refractivity contribution in [3.8, 4) is 0 Å². The van der Waals surface area contributed by atoms with Gasteiger partial charge in [0.05, 0.1) is 0 Å². The third-order valence-electron chi connectivity index (χ3n) is 1.90. The van der Waals surface area contributed by atoms with Crippen LogP contribution in [0.3, 0.4) is 0 Å². The van der Waals surface area contributed by atoms with Gasteiger partial charge in [0.15, 0.2) is 13.0 Å². The van der Waals surface area contributed by atoms with Crippen LogP contribution in [0.25, 0.3) is 0 Å². The molecule has 0 radical (unpaired) electrons. The molecule has 1 aliphatic carbocycles. The summed E-state index contributed by atoms with van der Waals surface area (Å²) in [4.78, 5) is 0. The van der Waals surface area contributed by atoms with E-state index in [1.54, 1.807) is 0 Å². The molecule has 0 heterocycles. The summed E-state index contributed by atoms with van der Waals surface area (Å²) in [5.74, 6) is 0. The number of alkyl halides is 6. The molecule has 0 saturated heterocycles. The Morgan fingerprint density at radius 1 is 0.667 bits per heavy atom. The lowest BCUT2D eigenvalue weighted by Crippen LogP contribution is -2.52. The van der Waals surface area contributed by atoms with E-state index in [0.29, 0.717) is 19.3 Å². The molecule has 12 heavy (non-hydrogen) atoms. The highest BCUT2D eigenvalue weighted by atomic mass is 35.5. The molecule has 72 valence electrons. The van der Waals surface area contributed by atoms with E-state index in [2.05, 4.69) is 0 Å². The molecule has 1 fully saturated rings. The third kappa shape index (κ3) is 1.76. The number of hydrogen-bond acceptors (Lipinski definition) is 0. The maximum Gasteiger partial charge on any atom is 0.183 e. The van der Waals surface area contributed by atoms with Gasteiger partial charge in [0, 0.05) is 0 Å². The van der Waals surface area contributed by atoms with Crippen molar-refractivity contribution in [3.63, 3.8) is 0 Å². The highest BCUT2D eigenvalue weighted by Crippen LogP contribution is 2.60. The van der Waals surface area contributed by atoms with Crippen LogP contribution in [0.4, 0.5) is 0 Å². The SMILES string of the molecule is ClC1(Cl)CCCC(Cl)(Cl)C1(Cl)Cl. The van der Waals surface area contributed by atoms with E-state index in [9.17, 15) is 0 Å². The van der Waals surface area contributed by atoms with E-state index in [4.69, 9.17) is 69.6 Å². The lowest BCUT2D eigenvalue weighted by Gasteiger charge is -2.45. The Bertz CT molecular complexity index is 166. The summed E-state index contributed by atoms with van der Waals surface area (Å²) in [5, 5.41) is 0. The molecular weight excluding hydrogens is 285 g/mol. The first-order valence-corrected chi connectivity index (χ1v) is 5.61. The van der Waals surface area contributed by atoms with Crippen LogP contribution in [-0.4, -0.2) is 13.0 Å². The lowest BCUT2D eigenvalue weighted by atomic mass is 9.97.